The van der Waals surface area contributed by atoms with Gasteiger partial charge >= 0.3 is 5.97 Å². The molecule has 6 heteroatoms. The first-order valence-electron chi connectivity index (χ1n) is 7.22. The van der Waals surface area contributed by atoms with E-state index in [9.17, 15) is 4.79 Å². The monoisotopic (exact) mass is 325 g/mol. The number of aromatic nitrogens is 1. The maximum Gasteiger partial charge on any atom is 0.374 e. The second-order valence-corrected chi connectivity index (χ2v) is 5.05. The van der Waals surface area contributed by atoms with Gasteiger partial charge in [0.05, 0.1) is 7.11 Å². The Morgan fingerprint density at radius 1 is 1.12 bits per heavy atom. The SMILES string of the molecule is COc1cccc(OCc2ccc(-c3cc(C(=O)O)on3)cc2)c1. The van der Waals surface area contributed by atoms with Gasteiger partial charge in [0, 0.05) is 17.7 Å². The molecular weight excluding hydrogens is 310 g/mol. The van der Waals surface area contributed by atoms with Gasteiger partial charge in [0.2, 0.25) is 5.76 Å². The molecule has 0 saturated heterocycles. The zero-order valence-corrected chi connectivity index (χ0v) is 12.9. The van der Waals surface area contributed by atoms with E-state index in [-0.39, 0.29) is 5.76 Å². The summed E-state index contributed by atoms with van der Waals surface area (Å²) in [6, 6.07) is 16.3. The molecule has 3 rings (SSSR count). The lowest BCUT2D eigenvalue weighted by molar-refractivity contribution is 0.0652. The predicted molar refractivity (Wildman–Crippen MR) is 86.2 cm³/mol. The molecule has 3 aromatic rings. The minimum atomic E-state index is -1.14. The molecular formula is C18H15NO5. The fraction of sp³-hybridized carbons (Fsp3) is 0.111. The largest absolute Gasteiger partial charge is 0.497 e. The Bertz CT molecular complexity index is 839. The highest BCUT2D eigenvalue weighted by molar-refractivity contribution is 5.85. The minimum Gasteiger partial charge on any atom is -0.497 e. The smallest absolute Gasteiger partial charge is 0.374 e. The first-order valence-corrected chi connectivity index (χ1v) is 7.22. The Morgan fingerprint density at radius 2 is 1.88 bits per heavy atom. The highest BCUT2D eigenvalue weighted by Crippen LogP contribution is 2.22. The average Bonchev–Trinajstić information content (AvgIpc) is 3.11. The van der Waals surface area contributed by atoms with Gasteiger partial charge < -0.3 is 19.1 Å². The third kappa shape index (κ3) is 3.55. The third-order valence-corrected chi connectivity index (χ3v) is 3.42. The molecule has 1 aromatic heterocycles. The Labute approximate surface area is 138 Å². The highest BCUT2D eigenvalue weighted by atomic mass is 16.5. The normalized spacial score (nSPS) is 10.4. The number of carboxylic acid groups (broad SMARTS) is 1. The minimum absolute atomic E-state index is 0.185. The van der Waals surface area contributed by atoms with Crippen LogP contribution in [-0.4, -0.2) is 23.3 Å². The summed E-state index contributed by atoms with van der Waals surface area (Å²) in [5, 5.41) is 12.6. The van der Waals surface area contributed by atoms with Crippen LogP contribution in [0, 0.1) is 0 Å². The summed E-state index contributed by atoms with van der Waals surface area (Å²) >= 11 is 0. The van der Waals surface area contributed by atoms with Crippen molar-refractivity contribution in [1.82, 2.24) is 5.16 Å². The average molecular weight is 325 g/mol. The van der Waals surface area contributed by atoms with Gasteiger partial charge in [-0.2, -0.15) is 0 Å². The van der Waals surface area contributed by atoms with Crippen molar-refractivity contribution in [3.63, 3.8) is 0 Å². The topological polar surface area (TPSA) is 81.8 Å². The lowest BCUT2D eigenvalue weighted by atomic mass is 10.1. The molecule has 1 N–H and O–H groups in total. The molecule has 0 aliphatic heterocycles. The molecule has 0 bridgehead atoms. The zero-order valence-electron chi connectivity index (χ0n) is 12.9. The van der Waals surface area contributed by atoms with Crippen molar-refractivity contribution in [2.75, 3.05) is 7.11 Å². The van der Waals surface area contributed by atoms with Crippen LogP contribution < -0.4 is 9.47 Å². The zero-order chi connectivity index (χ0) is 16.9. The molecule has 0 aliphatic carbocycles. The number of ether oxygens (including phenoxy) is 2. The van der Waals surface area contributed by atoms with Gasteiger partial charge in [0.25, 0.3) is 0 Å². The molecule has 0 atom stereocenters. The molecule has 6 nitrogen and oxygen atoms in total. The summed E-state index contributed by atoms with van der Waals surface area (Å²) in [5.74, 6) is 0.136. The predicted octanol–water partition coefficient (Wildman–Crippen LogP) is 3.63. The van der Waals surface area contributed by atoms with E-state index in [0.29, 0.717) is 12.3 Å². The third-order valence-electron chi connectivity index (χ3n) is 3.42. The Morgan fingerprint density at radius 3 is 2.54 bits per heavy atom. The maximum atomic E-state index is 10.8. The second-order valence-electron chi connectivity index (χ2n) is 5.05. The highest BCUT2D eigenvalue weighted by Gasteiger charge is 2.12. The second kappa shape index (κ2) is 6.87. The van der Waals surface area contributed by atoms with E-state index in [4.69, 9.17) is 19.1 Å². The van der Waals surface area contributed by atoms with Gasteiger partial charge in [-0.25, -0.2) is 4.79 Å². The molecule has 2 aromatic carbocycles. The van der Waals surface area contributed by atoms with Crippen LogP contribution >= 0.6 is 0 Å². The van der Waals surface area contributed by atoms with Gasteiger partial charge in [0.1, 0.15) is 23.8 Å². The standard InChI is InChI=1S/C18H15NO5/c1-22-14-3-2-4-15(9-14)23-11-12-5-7-13(8-6-12)16-10-17(18(20)21)24-19-16/h2-10H,11H2,1H3,(H,20,21). The van der Waals surface area contributed by atoms with Gasteiger partial charge in [-0.3, -0.25) is 0 Å². The summed E-state index contributed by atoms with van der Waals surface area (Å²) in [6.45, 7) is 0.409. The molecule has 0 spiro atoms. The van der Waals surface area contributed by atoms with Crippen molar-refractivity contribution in [1.29, 1.82) is 0 Å². The molecule has 1 heterocycles. The van der Waals surface area contributed by atoms with Gasteiger partial charge in [-0.15, -0.1) is 0 Å². The van der Waals surface area contributed by atoms with Gasteiger partial charge in [-0.1, -0.05) is 35.5 Å². The fourth-order valence-corrected chi connectivity index (χ4v) is 2.14. The summed E-state index contributed by atoms with van der Waals surface area (Å²) in [5.41, 5.74) is 2.23. The van der Waals surface area contributed by atoms with Crippen LogP contribution in [0.4, 0.5) is 0 Å². The molecule has 0 aliphatic rings. The van der Waals surface area contributed by atoms with E-state index in [1.54, 1.807) is 7.11 Å². The van der Waals surface area contributed by atoms with Crippen LogP contribution in [0.1, 0.15) is 16.1 Å². The van der Waals surface area contributed by atoms with Crippen LogP contribution in [0.25, 0.3) is 11.3 Å². The number of hydrogen-bond acceptors (Lipinski definition) is 5. The summed E-state index contributed by atoms with van der Waals surface area (Å²) < 4.78 is 15.6. The van der Waals surface area contributed by atoms with Gasteiger partial charge in [0.15, 0.2) is 0 Å². The van der Waals surface area contributed by atoms with Crippen LogP contribution in [0.2, 0.25) is 0 Å². The lowest BCUT2D eigenvalue weighted by Crippen LogP contribution is -1.95. The van der Waals surface area contributed by atoms with Crippen molar-refractivity contribution in [2.45, 2.75) is 6.61 Å². The number of aromatic carboxylic acids is 1. The van der Waals surface area contributed by atoms with Crippen molar-refractivity contribution in [2.24, 2.45) is 0 Å². The maximum absolute atomic E-state index is 10.8. The number of rotatable bonds is 6. The van der Waals surface area contributed by atoms with E-state index in [1.807, 2.05) is 48.5 Å². The van der Waals surface area contributed by atoms with Crippen LogP contribution in [0.5, 0.6) is 11.5 Å². The number of benzene rings is 2. The molecule has 122 valence electrons. The summed E-state index contributed by atoms with van der Waals surface area (Å²) in [7, 11) is 1.61. The van der Waals surface area contributed by atoms with E-state index < -0.39 is 5.97 Å². The number of carboxylic acids is 1. The number of carbonyl (C=O) groups is 1. The van der Waals surface area contributed by atoms with E-state index in [1.165, 1.54) is 6.07 Å². The molecule has 0 saturated carbocycles. The first-order chi connectivity index (χ1) is 11.7. The summed E-state index contributed by atoms with van der Waals surface area (Å²) in [4.78, 5) is 10.8. The number of methoxy groups -OCH3 is 1. The molecule has 0 unspecified atom stereocenters. The van der Waals surface area contributed by atoms with E-state index in [2.05, 4.69) is 5.16 Å². The Hall–Kier alpha value is -3.28. The summed E-state index contributed by atoms with van der Waals surface area (Å²) in [6.07, 6.45) is 0. The first kappa shape index (κ1) is 15.6. The number of hydrogen-bond donors (Lipinski definition) is 1. The van der Waals surface area contributed by atoms with Crippen LogP contribution in [-0.2, 0) is 6.61 Å². The Balaban J connectivity index is 1.66. The molecule has 24 heavy (non-hydrogen) atoms. The van der Waals surface area contributed by atoms with E-state index >= 15 is 0 Å². The molecule has 0 fully saturated rings. The van der Waals surface area contributed by atoms with Gasteiger partial charge in [-0.05, 0) is 17.7 Å². The van der Waals surface area contributed by atoms with Crippen molar-refractivity contribution in [3.8, 4) is 22.8 Å². The van der Waals surface area contributed by atoms with E-state index in [0.717, 1.165) is 22.6 Å². The molecule has 0 amide bonds. The van der Waals surface area contributed by atoms with Crippen molar-refractivity contribution >= 4 is 5.97 Å². The fourth-order valence-electron chi connectivity index (χ4n) is 2.14. The lowest BCUT2D eigenvalue weighted by Gasteiger charge is -2.08. The Kier molecular flexibility index (Phi) is 4.47. The van der Waals surface area contributed by atoms with Crippen LogP contribution in [0.15, 0.2) is 59.1 Å². The molecule has 0 radical (unpaired) electrons. The van der Waals surface area contributed by atoms with Crippen LogP contribution in [0.3, 0.4) is 0 Å². The number of nitrogens with zero attached hydrogens (tertiary/aromatic N) is 1. The quantitative estimate of drug-likeness (QED) is 0.745. The van der Waals surface area contributed by atoms with Crippen molar-refractivity contribution in [3.05, 3.63) is 65.9 Å². The van der Waals surface area contributed by atoms with Crippen molar-refractivity contribution < 1.29 is 23.9 Å².